The molecule has 120 valence electrons. The third kappa shape index (κ3) is 4.28. The van der Waals surface area contributed by atoms with Crippen LogP contribution in [0.1, 0.15) is 39.7 Å². The molecule has 0 atom stereocenters. The van der Waals surface area contributed by atoms with Crippen molar-refractivity contribution in [1.82, 2.24) is 9.62 Å². The van der Waals surface area contributed by atoms with Gasteiger partial charge in [-0.05, 0) is 60.4 Å². The van der Waals surface area contributed by atoms with Crippen molar-refractivity contribution in [2.24, 2.45) is 0 Å². The first-order valence-electron chi connectivity index (χ1n) is 7.15. The molecule has 1 rings (SSSR count). The Hall–Kier alpha value is -0.430. The lowest BCUT2D eigenvalue weighted by molar-refractivity contribution is 0.257. The first kappa shape index (κ1) is 18.6. The third-order valence-electron chi connectivity index (χ3n) is 3.93. The molecular weight excluding hydrogens is 352 g/mol. The largest absolute Gasteiger partial charge is 0.313 e. The molecular formula is C15H25BrN2O2S. The van der Waals surface area contributed by atoms with Gasteiger partial charge in [0.25, 0.3) is 0 Å². The van der Waals surface area contributed by atoms with Gasteiger partial charge >= 0.3 is 0 Å². The van der Waals surface area contributed by atoms with Gasteiger partial charge in [0.1, 0.15) is 0 Å². The Bertz CT molecular complexity index is 585. The van der Waals surface area contributed by atoms with Gasteiger partial charge < -0.3 is 5.32 Å². The summed E-state index contributed by atoms with van der Waals surface area (Å²) >= 11 is 3.40. The quantitative estimate of drug-likeness (QED) is 0.793. The Kier molecular flexibility index (Phi) is 6.40. The predicted molar refractivity (Wildman–Crippen MR) is 90.8 cm³/mol. The van der Waals surface area contributed by atoms with Crippen LogP contribution in [-0.4, -0.2) is 31.9 Å². The van der Waals surface area contributed by atoms with E-state index in [4.69, 9.17) is 0 Å². The molecule has 1 N–H and O–H groups in total. The van der Waals surface area contributed by atoms with Gasteiger partial charge in [-0.3, -0.25) is 0 Å². The zero-order valence-electron chi connectivity index (χ0n) is 13.4. The van der Waals surface area contributed by atoms with E-state index >= 15 is 0 Å². The molecule has 0 fully saturated rings. The lowest BCUT2D eigenvalue weighted by atomic mass is 10.0. The van der Waals surface area contributed by atoms with Crippen LogP contribution in [0.3, 0.4) is 0 Å². The number of rotatable bonds is 7. The lowest BCUT2D eigenvalue weighted by Crippen LogP contribution is -2.44. The Morgan fingerprint density at radius 2 is 1.90 bits per heavy atom. The van der Waals surface area contributed by atoms with Crippen LogP contribution >= 0.6 is 15.9 Å². The maximum absolute atomic E-state index is 12.8. The number of hydrogen-bond acceptors (Lipinski definition) is 3. The van der Waals surface area contributed by atoms with Crippen molar-refractivity contribution in [3.05, 3.63) is 28.2 Å². The van der Waals surface area contributed by atoms with Gasteiger partial charge in [-0.25, -0.2) is 8.42 Å². The highest BCUT2D eigenvalue weighted by Gasteiger charge is 2.33. The van der Waals surface area contributed by atoms with E-state index in [9.17, 15) is 8.42 Å². The van der Waals surface area contributed by atoms with Crippen molar-refractivity contribution >= 4 is 26.0 Å². The van der Waals surface area contributed by atoms with E-state index in [1.807, 2.05) is 39.8 Å². The number of halogens is 1. The van der Waals surface area contributed by atoms with Gasteiger partial charge in [-0.15, -0.1) is 0 Å². The van der Waals surface area contributed by atoms with Crippen molar-refractivity contribution in [2.75, 3.05) is 13.6 Å². The summed E-state index contributed by atoms with van der Waals surface area (Å²) in [6, 6.07) is 5.39. The van der Waals surface area contributed by atoms with Gasteiger partial charge in [0.05, 0.1) is 4.90 Å². The number of nitrogens with one attached hydrogen (secondary N) is 1. The van der Waals surface area contributed by atoms with Crippen LogP contribution in [-0.2, 0) is 16.6 Å². The van der Waals surface area contributed by atoms with Crippen LogP contribution in [0.15, 0.2) is 27.6 Å². The molecule has 0 bridgehead atoms. The van der Waals surface area contributed by atoms with Crippen molar-refractivity contribution < 1.29 is 8.42 Å². The molecule has 0 unspecified atom stereocenters. The normalized spacial score (nSPS) is 12.9. The second-order valence-corrected chi connectivity index (χ2v) is 8.48. The van der Waals surface area contributed by atoms with E-state index in [1.54, 1.807) is 13.1 Å². The molecule has 1 aromatic carbocycles. The SMILES string of the molecule is CCNCc1ccc(S(=O)(=O)N(C)C(C)(C)CC)c(Br)c1. The van der Waals surface area contributed by atoms with Crippen LogP contribution in [0.25, 0.3) is 0 Å². The monoisotopic (exact) mass is 376 g/mol. The minimum absolute atomic E-state index is 0.312. The van der Waals surface area contributed by atoms with Gasteiger partial charge in [-0.1, -0.05) is 19.9 Å². The van der Waals surface area contributed by atoms with Crippen LogP contribution in [0.4, 0.5) is 0 Å². The number of benzene rings is 1. The van der Waals surface area contributed by atoms with E-state index in [1.165, 1.54) is 4.31 Å². The molecule has 0 spiro atoms. The average Bonchev–Trinajstić information content (AvgIpc) is 2.43. The van der Waals surface area contributed by atoms with E-state index < -0.39 is 15.6 Å². The molecule has 0 aromatic heterocycles. The van der Waals surface area contributed by atoms with Crippen LogP contribution < -0.4 is 5.32 Å². The summed E-state index contributed by atoms with van der Waals surface area (Å²) in [5.41, 5.74) is 0.640. The van der Waals surface area contributed by atoms with Crippen LogP contribution in [0.5, 0.6) is 0 Å². The maximum atomic E-state index is 12.8. The molecule has 1 aromatic rings. The summed E-state index contributed by atoms with van der Waals surface area (Å²) in [4.78, 5) is 0.312. The van der Waals surface area contributed by atoms with E-state index in [2.05, 4.69) is 21.2 Å². The summed E-state index contributed by atoms with van der Waals surface area (Å²) in [6.45, 7) is 9.49. The molecule has 0 aliphatic rings. The molecule has 0 aliphatic carbocycles. The Balaban J connectivity index is 3.15. The Morgan fingerprint density at radius 3 is 2.38 bits per heavy atom. The molecule has 0 amide bonds. The van der Waals surface area contributed by atoms with Crippen LogP contribution in [0, 0.1) is 0 Å². The molecule has 4 nitrogen and oxygen atoms in total. The number of hydrogen-bond donors (Lipinski definition) is 1. The highest BCUT2D eigenvalue weighted by molar-refractivity contribution is 9.10. The van der Waals surface area contributed by atoms with E-state index in [0.717, 1.165) is 25.1 Å². The van der Waals surface area contributed by atoms with Gasteiger partial charge in [0, 0.05) is 23.6 Å². The Morgan fingerprint density at radius 1 is 1.29 bits per heavy atom. The second-order valence-electron chi connectivity index (χ2n) is 5.68. The third-order valence-corrected chi connectivity index (χ3v) is 6.98. The average molecular weight is 377 g/mol. The molecule has 0 radical (unpaired) electrons. The highest BCUT2D eigenvalue weighted by atomic mass is 79.9. The summed E-state index contributed by atoms with van der Waals surface area (Å²) < 4.78 is 27.6. The second kappa shape index (κ2) is 7.22. The fraction of sp³-hybridized carbons (Fsp3) is 0.600. The zero-order chi connectivity index (χ0) is 16.3. The minimum Gasteiger partial charge on any atom is -0.313 e. The standard InChI is InChI=1S/C15H25BrN2O2S/c1-6-15(3,4)18(5)21(19,20)14-9-8-12(10-13(14)16)11-17-7-2/h8-10,17H,6-7,11H2,1-5H3. The molecule has 6 heteroatoms. The van der Waals surface area contributed by atoms with Crippen LogP contribution in [0.2, 0.25) is 0 Å². The van der Waals surface area contributed by atoms with Crippen molar-refractivity contribution in [3.8, 4) is 0 Å². The van der Waals surface area contributed by atoms with Gasteiger partial charge in [-0.2, -0.15) is 4.31 Å². The van der Waals surface area contributed by atoms with Crippen molar-refractivity contribution in [2.45, 2.75) is 51.1 Å². The van der Waals surface area contributed by atoms with E-state index in [0.29, 0.717) is 9.37 Å². The number of nitrogens with zero attached hydrogens (tertiary/aromatic N) is 1. The summed E-state index contributed by atoms with van der Waals surface area (Å²) in [5.74, 6) is 0. The molecule has 21 heavy (non-hydrogen) atoms. The summed E-state index contributed by atoms with van der Waals surface area (Å²) in [5, 5.41) is 3.23. The van der Waals surface area contributed by atoms with Crippen molar-refractivity contribution in [1.29, 1.82) is 0 Å². The lowest BCUT2D eigenvalue weighted by Gasteiger charge is -2.34. The summed E-state index contributed by atoms with van der Waals surface area (Å²) in [7, 11) is -1.87. The Labute approximate surface area is 137 Å². The highest BCUT2D eigenvalue weighted by Crippen LogP contribution is 2.30. The first-order valence-corrected chi connectivity index (χ1v) is 9.38. The molecule has 0 aliphatic heterocycles. The molecule has 0 heterocycles. The van der Waals surface area contributed by atoms with E-state index in [-0.39, 0.29) is 0 Å². The number of sulfonamides is 1. The fourth-order valence-corrected chi connectivity index (χ4v) is 4.49. The fourth-order valence-electron chi connectivity index (χ4n) is 1.83. The minimum atomic E-state index is -3.51. The zero-order valence-corrected chi connectivity index (χ0v) is 15.8. The molecule has 0 saturated carbocycles. The topological polar surface area (TPSA) is 49.4 Å². The summed E-state index contributed by atoms with van der Waals surface area (Å²) in [6.07, 6.45) is 0.749. The van der Waals surface area contributed by atoms with Crippen molar-refractivity contribution in [3.63, 3.8) is 0 Å². The van der Waals surface area contributed by atoms with Gasteiger partial charge in [0.2, 0.25) is 10.0 Å². The first-order chi connectivity index (χ1) is 9.66. The maximum Gasteiger partial charge on any atom is 0.244 e. The molecule has 0 saturated heterocycles. The van der Waals surface area contributed by atoms with Gasteiger partial charge in [0.15, 0.2) is 0 Å². The smallest absolute Gasteiger partial charge is 0.244 e. The predicted octanol–water partition coefficient (Wildman–Crippen LogP) is 3.37.